The summed E-state index contributed by atoms with van der Waals surface area (Å²) in [5.74, 6) is -0.756. The average Bonchev–Trinajstić information content (AvgIpc) is 2.70. The van der Waals surface area contributed by atoms with E-state index in [1.54, 1.807) is 17.6 Å². The Bertz CT molecular complexity index is 761. The number of hydrogen-bond acceptors (Lipinski definition) is 5. The molecule has 0 aliphatic heterocycles. The predicted octanol–water partition coefficient (Wildman–Crippen LogP) is 2.90. The van der Waals surface area contributed by atoms with Crippen molar-refractivity contribution in [1.82, 2.24) is 10.8 Å². The third-order valence-electron chi connectivity index (χ3n) is 4.00. The highest BCUT2D eigenvalue weighted by molar-refractivity contribution is 5.87. The van der Waals surface area contributed by atoms with Gasteiger partial charge in [-0.05, 0) is 41.8 Å². The van der Waals surface area contributed by atoms with Crippen LogP contribution in [0.15, 0.2) is 48.5 Å². The van der Waals surface area contributed by atoms with Crippen LogP contribution in [-0.4, -0.2) is 28.8 Å². The molecule has 2 aromatic rings. The average molecular weight is 372 g/mol. The number of hydroxylamine groups is 1. The zero-order chi connectivity index (χ0) is 19.6. The number of carboxylic acids is 1. The topological polar surface area (TPSA) is 108 Å². The van der Waals surface area contributed by atoms with Crippen LogP contribution in [0.5, 0.6) is 5.75 Å². The van der Waals surface area contributed by atoms with Gasteiger partial charge in [-0.3, -0.25) is 10.0 Å². The molecule has 27 heavy (non-hydrogen) atoms. The number of carbonyl (C=O) groups excluding carboxylic acids is 1. The van der Waals surface area contributed by atoms with Crippen LogP contribution in [0, 0.1) is 0 Å². The SMILES string of the molecule is CCCOc1ccc(C(CC(=O)NO)NCc2cccc(C(=O)O)c2)cc1. The fourth-order valence-electron chi connectivity index (χ4n) is 2.61. The minimum absolute atomic E-state index is 0.0320. The number of nitrogens with one attached hydrogen (secondary N) is 2. The third-order valence-corrected chi connectivity index (χ3v) is 4.00. The molecule has 0 bridgehead atoms. The van der Waals surface area contributed by atoms with E-state index in [1.807, 2.05) is 37.3 Å². The number of hydrogen-bond donors (Lipinski definition) is 4. The van der Waals surface area contributed by atoms with E-state index in [1.165, 1.54) is 6.07 Å². The number of rotatable bonds is 10. The summed E-state index contributed by atoms with van der Waals surface area (Å²) in [5.41, 5.74) is 3.49. The normalized spacial score (nSPS) is 11.6. The van der Waals surface area contributed by atoms with Crippen LogP contribution in [0.4, 0.5) is 0 Å². The van der Waals surface area contributed by atoms with Gasteiger partial charge in [-0.2, -0.15) is 0 Å². The first-order chi connectivity index (χ1) is 13.0. The Hall–Kier alpha value is -2.90. The van der Waals surface area contributed by atoms with E-state index >= 15 is 0 Å². The van der Waals surface area contributed by atoms with Crippen molar-refractivity contribution < 1.29 is 24.6 Å². The van der Waals surface area contributed by atoms with E-state index in [-0.39, 0.29) is 18.0 Å². The first-order valence-electron chi connectivity index (χ1n) is 8.74. The molecule has 0 aliphatic carbocycles. The highest BCUT2D eigenvalue weighted by atomic mass is 16.5. The Morgan fingerprint density at radius 3 is 2.52 bits per heavy atom. The van der Waals surface area contributed by atoms with Gasteiger partial charge in [0.2, 0.25) is 5.91 Å². The van der Waals surface area contributed by atoms with Crippen molar-refractivity contribution in [2.45, 2.75) is 32.4 Å². The molecule has 0 radical (unpaired) electrons. The number of aromatic carboxylic acids is 1. The predicted molar refractivity (Wildman–Crippen MR) is 99.8 cm³/mol. The number of ether oxygens (including phenoxy) is 1. The van der Waals surface area contributed by atoms with Gasteiger partial charge in [0.15, 0.2) is 0 Å². The maximum atomic E-state index is 11.7. The lowest BCUT2D eigenvalue weighted by Crippen LogP contribution is -2.28. The lowest BCUT2D eigenvalue weighted by molar-refractivity contribution is -0.129. The maximum absolute atomic E-state index is 11.7. The summed E-state index contributed by atoms with van der Waals surface area (Å²) < 4.78 is 5.56. The largest absolute Gasteiger partial charge is 0.494 e. The lowest BCUT2D eigenvalue weighted by Gasteiger charge is -2.19. The molecule has 0 saturated heterocycles. The van der Waals surface area contributed by atoms with E-state index in [0.717, 1.165) is 23.3 Å². The van der Waals surface area contributed by atoms with Crippen molar-refractivity contribution in [3.8, 4) is 5.75 Å². The highest BCUT2D eigenvalue weighted by Crippen LogP contribution is 2.21. The number of benzene rings is 2. The number of carbonyl (C=O) groups is 2. The molecule has 0 heterocycles. The van der Waals surface area contributed by atoms with Crippen molar-refractivity contribution in [3.05, 3.63) is 65.2 Å². The third kappa shape index (κ3) is 6.40. The van der Waals surface area contributed by atoms with Gasteiger partial charge in [0.25, 0.3) is 0 Å². The Morgan fingerprint density at radius 1 is 1.15 bits per heavy atom. The molecule has 7 nitrogen and oxygen atoms in total. The molecule has 0 spiro atoms. The van der Waals surface area contributed by atoms with Crippen LogP contribution < -0.4 is 15.5 Å². The smallest absolute Gasteiger partial charge is 0.335 e. The molecule has 7 heteroatoms. The molecular weight excluding hydrogens is 348 g/mol. The van der Waals surface area contributed by atoms with Crippen molar-refractivity contribution in [1.29, 1.82) is 0 Å². The second kappa shape index (κ2) is 10.3. The molecule has 1 unspecified atom stereocenters. The molecule has 0 fully saturated rings. The van der Waals surface area contributed by atoms with Gasteiger partial charge in [-0.25, -0.2) is 10.3 Å². The Morgan fingerprint density at radius 2 is 1.89 bits per heavy atom. The molecule has 4 N–H and O–H groups in total. The van der Waals surface area contributed by atoms with Crippen LogP contribution in [0.2, 0.25) is 0 Å². The zero-order valence-corrected chi connectivity index (χ0v) is 15.1. The standard InChI is InChI=1S/C20H24N2O5/c1-2-10-27-17-8-6-15(7-9-17)18(12-19(23)22-26)21-13-14-4-3-5-16(11-14)20(24)25/h3-9,11,18,21,26H,2,10,12-13H2,1H3,(H,22,23)(H,24,25). The van der Waals surface area contributed by atoms with Gasteiger partial charge < -0.3 is 15.2 Å². The van der Waals surface area contributed by atoms with Crippen LogP contribution in [0.25, 0.3) is 0 Å². The maximum Gasteiger partial charge on any atom is 0.335 e. The summed E-state index contributed by atoms with van der Waals surface area (Å²) in [6.07, 6.45) is 0.947. The molecule has 0 saturated carbocycles. The molecule has 1 amide bonds. The summed E-state index contributed by atoms with van der Waals surface area (Å²) in [6, 6.07) is 13.6. The fourth-order valence-corrected chi connectivity index (χ4v) is 2.61. The fraction of sp³-hybridized carbons (Fsp3) is 0.300. The second-order valence-corrected chi connectivity index (χ2v) is 6.10. The van der Waals surface area contributed by atoms with E-state index in [4.69, 9.17) is 15.1 Å². The van der Waals surface area contributed by atoms with Crippen LogP contribution in [0.1, 0.15) is 47.3 Å². The summed E-state index contributed by atoms with van der Waals surface area (Å²) in [6.45, 7) is 3.04. The lowest BCUT2D eigenvalue weighted by atomic mass is 10.0. The molecule has 1 atom stereocenters. The second-order valence-electron chi connectivity index (χ2n) is 6.10. The molecule has 144 valence electrons. The van der Waals surface area contributed by atoms with Crippen molar-refractivity contribution in [3.63, 3.8) is 0 Å². The van der Waals surface area contributed by atoms with Crippen molar-refractivity contribution in [2.75, 3.05) is 6.61 Å². The summed E-state index contributed by atoms with van der Waals surface area (Å²) in [4.78, 5) is 22.7. The molecule has 0 aliphatic rings. The monoisotopic (exact) mass is 372 g/mol. The molecular formula is C20H24N2O5. The number of carboxylic acid groups (broad SMARTS) is 1. The first kappa shape index (κ1) is 20.4. The van der Waals surface area contributed by atoms with Gasteiger partial charge >= 0.3 is 5.97 Å². The van der Waals surface area contributed by atoms with Crippen molar-refractivity contribution in [2.24, 2.45) is 0 Å². The van der Waals surface area contributed by atoms with Gasteiger partial charge in [-0.1, -0.05) is 31.2 Å². The quantitative estimate of drug-likeness (QED) is 0.377. The minimum Gasteiger partial charge on any atom is -0.494 e. The van der Waals surface area contributed by atoms with E-state index < -0.39 is 11.9 Å². The minimum atomic E-state index is -0.990. The zero-order valence-electron chi connectivity index (χ0n) is 15.1. The Labute approximate surface area is 157 Å². The van der Waals surface area contributed by atoms with Gasteiger partial charge in [-0.15, -0.1) is 0 Å². The van der Waals surface area contributed by atoms with Crippen molar-refractivity contribution >= 4 is 11.9 Å². The molecule has 2 aromatic carbocycles. The van der Waals surface area contributed by atoms with Gasteiger partial charge in [0.1, 0.15) is 5.75 Å². The van der Waals surface area contributed by atoms with Crippen LogP contribution in [-0.2, 0) is 11.3 Å². The summed E-state index contributed by atoms with van der Waals surface area (Å²) >= 11 is 0. The first-order valence-corrected chi connectivity index (χ1v) is 8.74. The summed E-state index contributed by atoms with van der Waals surface area (Å²) in [7, 11) is 0. The molecule has 0 aromatic heterocycles. The van der Waals surface area contributed by atoms with Crippen LogP contribution in [0.3, 0.4) is 0 Å². The highest BCUT2D eigenvalue weighted by Gasteiger charge is 2.16. The van der Waals surface area contributed by atoms with Gasteiger partial charge in [0.05, 0.1) is 12.2 Å². The number of amides is 1. The van der Waals surface area contributed by atoms with Gasteiger partial charge in [0, 0.05) is 19.0 Å². The Balaban J connectivity index is 2.10. The van der Waals surface area contributed by atoms with E-state index in [0.29, 0.717) is 13.2 Å². The van der Waals surface area contributed by atoms with E-state index in [2.05, 4.69) is 5.32 Å². The van der Waals surface area contributed by atoms with Crippen LogP contribution >= 0.6 is 0 Å². The Kier molecular flexibility index (Phi) is 7.79. The molecule has 2 rings (SSSR count). The van der Waals surface area contributed by atoms with E-state index in [9.17, 15) is 9.59 Å². The summed E-state index contributed by atoms with van der Waals surface area (Å²) in [5, 5.41) is 21.2.